The lowest BCUT2D eigenvalue weighted by Crippen LogP contribution is -2.39. The van der Waals surface area contributed by atoms with Crippen LogP contribution in [0.2, 0.25) is 0 Å². The second kappa shape index (κ2) is 6.98. The van der Waals surface area contributed by atoms with Gasteiger partial charge in [0.2, 0.25) is 0 Å². The molecule has 0 spiro atoms. The maximum absolute atomic E-state index is 11.9. The molecule has 0 aliphatic heterocycles. The minimum atomic E-state index is -0.238. The molecule has 104 valence electrons. The Morgan fingerprint density at radius 2 is 1.89 bits per heavy atom. The van der Waals surface area contributed by atoms with Crippen LogP contribution in [-0.2, 0) is 0 Å². The van der Waals surface area contributed by atoms with Gasteiger partial charge in [-0.2, -0.15) is 0 Å². The van der Waals surface area contributed by atoms with E-state index in [1.807, 2.05) is 0 Å². The molecule has 0 saturated carbocycles. The molecule has 0 aliphatic rings. The minimum absolute atomic E-state index is 0.195. The number of benzene rings is 1. The lowest BCUT2D eigenvalue weighted by molar-refractivity contribution is 0.0953. The number of carbonyl (C=O) groups is 2. The van der Waals surface area contributed by atoms with Crippen LogP contribution in [0.5, 0.6) is 0 Å². The van der Waals surface area contributed by atoms with Crippen molar-refractivity contribution >= 4 is 33.6 Å². The van der Waals surface area contributed by atoms with Crippen molar-refractivity contribution in [3.8, 4) is 0 Å². The monoisotopic (exact) mass is 328 g/mol. The molecular weight excluding hydrogens is 312 g/mol. The second-order valence-electron chi connectivity index (χ2n) is 4.12. The predicted molar refractivity (Wildman–Crippen MR) is 78.0 cm³/mol. The van der Waals surface area contributed by atoms with Crippen molar-refractivity contribution in [2.45, 2.75) is 0 Å². The molecule has 7 heteroatoms. The molecule has 0 heterocycles. The van der Waals surface area contributed by atoms with Gasteiger partial charge in [-0.1, -0.05) is 0 Å². The van der Waals surface area contributed by atoms with Crippen molar-refractivity contribution in [1.29, 1.82) is 0 Å². The first-order chi connectivity index (χ1) is 8.91. The van der Waals surface area contributed by atoms with E-state index in [-0.39, 0.29) is 11.9 Å². The lowest BCUT2D eigenvalue weighted by Gasteiger charge is -2.12. The van der Waals surface area contributed by atoms with Gasteiger partial charge in [0.1, 0.15) is 0 Å². The van der Waals surface area contributed by atoms with E-state index in [2.05, 4.69) is 26.6 Å². The number of rotatable bonds is 4. The topological polar surface area (TPSA) is 87.5 Å². The van der Waals surface area contributed by atoms with Gasteiger partial charge in [0.05, 0.1) is 5.56 Å². The highest BCUT2D eigenvalue weighted by molar-refractivity contribution is 9.10. The van der Waals surface area contributed by atoms with Gasteiger partial charge in [-0.05, 0) is 34.1 Å². The molecule has 0 aromatic heterocycles. The maximum atomic E-state index is 11.9. The molecule has 19 heavy (non-hydrogen) atoms. The zero-order chi connectivity index (χ0) is 14.4. The molecule has 0 atom stereocenters. The largest absolute Gasteiger partial charge is 0.399 e. The number of halogens is 1. The van der Waals surface area contributed by atoms with E-state index in [1.165, 1.54) is 4.90 Å². The predicted octanol–water partition coefficient (Wildman–Crippen LogP) is 1.03. The number of amides is 3. The summed E-state index contributed by atoms with van der Waals surface area (Å²) < 4.78 is 0.677. The van der Waals surface area contributed by atoms with Crippen LogP contribution < -0.4 is 16.4 Å². The fourth-order valence-corrected chi connectivity index (χ4v) is 1.74. The van der Waals surface area contributed by atoms with E-state index in [0.29, 0.717) is 28.8 Å². The summed E-state index contributed by atoms with van der Waals surface area (Å²) in [6.45, 7) is 0.711. The summed E-state index contributed by atoms with van der Waals surface area (Å²) in [6.07, 6.45) is 0. The molecule has 0 radical (unpaired) electrons. The summed E-state index contributed by atoms with van der Waals surface area (Å²) in [5.74, 6) is -0.238. The van der Waals surface area contributed by atoms with Crippen LogP contribution in [0.4, 0.5) is 10.5 Å². The first kappa shape index (κ1) is 15.3. The van der Waals surface area contributed by atoms with Crippen LogP contribution in [-0.4, -0.2) is 44.0 Å². The standard InChI is InChI=1S/C12H17BrN4O2/c1-17(2)12(19)16-6-5-15-11(18)9-7-8(14)3-4-10(9)13/h3-4,7H,5-6,14H2,1-2H3,(H,15,18)(H,16,19). The molecule has 1 aromatic rings. The number of urea groups is 1. The summed E-state index contributed by atoms with van der Waals surface area (Å²) >= 11 is 3.29. The van der Waals surface area contributed by atoms with Crippen molar-refractivity contribution in [1.82, 2.24) is 15.5 Å². The highest BCUT2D eigenvalue weighted by atomic mass is 79.9. The van der Waals surface area contributed by atoms with Crippen molar-refractivity contribution < 1.29 is 9.59 Å². The van der Waals surface area contributed by atoms with Crippen molar-refractivity contribution in [2.75, 3.05) is 32.9 Å². The van der Waals surface area contributed by atoms with E-state index in [4.69, 9.17) is 5.73 Å². The first-order valence-corrected chi connectivity index (χ1v) is 6.49. The van der Waals surface area contributed by atoms with Gasteiger partial charge in [0.15, 0.2) is 0 Å². The number of anilines is 1. The third-order valence-corrected chi connectivity index (χ3v) is 3.02. The van der Waals surface area contributed by atoms with Crippen molar-refractivity contribution in [2.24, 2.45) is 0 Å². The minimum Gasteiger partial charge on any atom is -0.399 e. The van der Waals surface area contributed by atoms with Gasteiger partial charge in [0.25, 0.3) is 5.91 Å². The molecular formula is C12H17BrN4O2. The smallest absolute Gasteiger partial charge is 0.316 e. The van der Waals surface area contributed by atoms with Gasteiger partial charge in [-0.3, -0.25) is 4.79 Å². The van der Waals surface area contributed by atoms with E-state index >= 15 is 0 Å². The Labute approximate surface area is 120 Å². The molecule has 0 unspecified atom stereocenters. The Balaban J connectivity index is 2.44. The summed E-state index contributed by atoms with van der Waals surface area (Å²) in [4.78, 5) is 24.5. The van der Waals surface area contributed by atoms with Crippen LogP contribution in [0.25, 0.3) is 0 Å². The van der Waals surface area contributed by atoms with Crippen molar-refractivity contribution in [3.63, 3.8) is 0 Å². The van der Waals surface area contributed by atoms with Crippen LogP contribution in [0, 0.1) is 0 Å². The van der Waals surface area contributed by atoms with Crippen LogP contribution >= 0.6 is 15.9 Å². The second-order valence-corrected chi connectivity index (χ2v) is 4.98. The molecule has 0 bridgehead atoms. The molecule has 0 fully saturated rings. The molecule has 1 rings (SSSR count). The zero-order valence-corrected chi connectivity index (χ0v) is 12.5. The van der Waals surface area contributed by atoms with Crippen LogP contribution in [0.15, 0.2) is 22.7 Å². The van der Waals surface area contributed by atoms with Crippen LogP contribution in [0.3, 0.4) is 0 Å². The van der Waals surface area contributed by atoms with Gasteiger partial charge in [-0.15, -0.1) is 0 Å². The Hall–Kier alpha value is -1.76. The quantitative estimate of drug-likeness (QED) is 0.570. The highest BCUT2D eigenvalue weighted by Gasteiger charge is 2.10. The molecule has 0 saturated heterocycles. The van der Waals surface area contributed by atoms with E-state index in [0.717, 1.165) is 0 Å². The fourth-order valence-electron chi connectivity index (χ4n) is 1.32. The Bertz CT molecular complexity index is 477. The van der Waals surface area contributed by atoms with E-state index < -0.39 is 0 Å². The summed E-state index contributed by atoms with van der Waals surface area (Å²) in [6, 6.07) is 4.83. The third-order valence-electron chi connectivity index (χ3n) is 2.33. The highest BCUT2D eigenvalue weighted by Crippen LogP contribution is 2.19. The number of nitrogens with zero attached hydrogens (tertiary/aromatic N) is 1. The number of nitrogens with two attached hydrogens (primary N) is 1. The number of carbonyl (C=O) groups excluding carboxylic acids is 2. The summed E-state index contributed by atoms with van der Waals surface area (Å²) in [5.41, 5.74) is 6.62. The van der Waals surface area contributed by atoms with E-state index in [9.17, 15) is 9.59 Å². The fraction of sp³-hybridized carbons (Fsp3) is 0.333. The van der Waals surface area contributed by atoms with E-state index in [1.54, 1.807) is 32.3 Å². The normalized spacial score (nSPS) is 9.84. The van der Waals surface area contributed by atoms with Gasteiger partial charge in [0, 0.05) is 37.3 Å². The maximum Gasteiger partial charge on any atom is 0.316 e. The Morgan fingerprint density at radius 1 is 1.26 bits per heavy atom. The average Bonchev–Trinajstić information content (AvgIpc) is 2.36. The molecule has 3 amide bonds. The van der Waals surface area contributed by atoms with Gasteiger partial charge in [-0.25, -0.2) is 4.79 Å². The van der Waals surface area contributed by atoms with Gasteiger partial charge >= 0.3 is 6.03 Å². The summed E-state index contributed by atoms with van der Waals surface area (Å²) in [5, 5.41) is 5.35. The molecule has 0 aliphatic carbocycles. The number of nitrogens with one attached hydrogen (secondary N) is 2. The lowest BCUT2D eigenvalue weighted by atomic mass is 10.2. The third kappa shape index (κ3) is 4.78. The first-order valence-electron chi connectivity index (χ1n) is 5.70. The molecule has 4 N–H and O–H groups in total. The molecule has 1 aromatic carbocycles. The number of nitrogen functional groups attached to an aromatic ring is 1. The Kier molecular flexibility index (Phi) is 5.62. The number of hydrogen-bond donors (Lipinski definition) is 3. The van der Waals surface area contributed by atoms with Gasteiger partial charge < -0.3 is 21.3 Å². The average molecular weight is 329 g/mol. The van der Waals surface area contributed by atoms with Crippen LogP contribution in [0.1, 0.15) is 10.4 Å². The van der Waals surface area contributed by atoms with Crippen molar-refractivity contribution in [3.05, 3.63) is 28.2 Å². The molecule has 6 nitrogen and oxygen atoms in total. The SMILES string of the molecule is CN(C)C(=O)NCCNC(=O)c1cc(N)ccc1Br. The Morgan fingerprint density at radius 3 is 2.53 bits per heavy atom. The summed E-state index contributed by atoms with van der Waals surface area (Å²) in [7, 11) is 3.30. The zero-order valence-electron chi connectivity index (χ0n) is 10.9. The number of hydrogen-bond acceptors (Lipinski definition) is 3.